The van der Waals surface area contributed by atoms with Crippen molar-refractivity contribution >= 4 is 18.3 Å². The standard InChI is InChI=1S/C32H44N2O5.C7H8N2O2/c35-30(29(22-25-15-7-2-8-16-25)34-32(37)39-28-19-11-4-12-20-28)23-26(21-24-13-5-1-6-14-24)33-31(36)38-27-17-9-3-10-18-27;8-7(10)11-5-6-2-1-3-9-4-6/h1-2,5-8,13-16,26-30,35H,3-4,9-12,17-23H2,(H,33,36)(H,34,37);1-4H,5H2,(H2,8,10)/t26-,29-,30-;/m0./s1. The van der Waals surface area contributed by atoms with Crippen molar-refractivity contribution in [3.8, 4) is 0 Å². The van der Waals surface area contributed by atoms with E-state index in [2.05, 4.69) is 20.4 Å². The fourth-order valence-corrected chi connectivity index (χ4v) is 6.39. The Kier molecular flexibility index (Phi) is 16.4. The number of nitrogens with one attached hydrogen (secondary N) is 2. The molecule has 3 atom stereocenters. The molecule has 2 aliphatic rings. The van der Waals surface area contributed by atoms with Gasteiger partial charge in [-0.15, -0.1) is 0 Å². The number of aliphatic hydroxyl groups is 1. The van der Waals surface area contributed by atoms with E-state index < -0.39 is 30.4 Å². The van der Waals surface area contributed by atoms with Crippen LogP contribution in [0.25, 0.3) is 0 Å². The topological polar surface area (TPSA) is 162 Å². The molecule has 270 valence electrons. The number of amides is 3. The van der Waals surface area contributed by atoms with E-state index in [1.54, 1.807) is 24.5 Å². The number of primary amides is 1. The summed E-state index contributed by atoms with van der Waals surface area (Å²) in [5.41, 5.74) is 7.64. The Balaban J connectivity index is 0.000000435. The summed E-state index contributed by atoms with van der Waals surface area (Å²) in [5, 5.41) is 17.4. The lowest BCUT2D eigenvalue weighted by atomic mass is 9.93. The third-order valence-electron chi connectivity index (χ3n) is 8.99. The van der Waals surface area contributed by atoms with E-state index in [4.69, 9.17) is 15.2 Å². The first-order valence-electron chi connectivity index (χ1n) is 17.9. The number of nitrogens with zero attached hydrogens (tertiary/aromatic N) is 1. The van der Waals surface area contributed by atoms with Crippen molar-refractivity contribution in [3.63, 3.8) is 0 Å². The fourth-order valence-electron chi connectivity index (χ4n) is 6.39. The lowest BCUT2D eigenvalue weighted by molar-refractivity contribution is 0.0545. The molecule has 0 bridgehead atoms. The summed E-state index contributed by atoms with van der Waals surface area (Å²) in [4.78, 5) is 39.7. The second-order valence-corrected chi connectivity index (χ2v) is 13.1. The van der Waals surface area contributed by atoms with Crippen molar-refractivity contribution in [1.29, 1.82) is 0 Å². The van der Waals surface area contributed by atoms with E-state index in [1.165, 1.54) is 12.8 Å². The zero-order valence-electron chi connectivity index (χ0n) is 28.8. The predicted molar refractivity (Wildman–Crippen MR) is 190 cm³/mol. The highest BCUT2D eigenvalue weighted by Crippen LogP contribution is 2.22. The van der Waals surface area contributed by atoms with E-state index in [1.807, 2.05) is 60.7 Å². The molecule has 0 radical (unpaired) electrons. The second kappa shape index (κ2) is 21.4. The van der Waals surface area contributed by atoms with Crippen molar-refractivity contribution in [1.82, 2.24) is 15.6 Å². The number of benzene rings is 2. The molecule has 3 aromatic rings. The summed E-state index contributed by atoms with van der Waals surface area (Å²) in [6.07, 6.45) is 12.0. The van der Waals surface area contributed by atoms with E-state index in [0.29, 0.717) is 12.8 Å². The highest BCUT2D eigenvalue weighted by Gasteiger charge is 2.29. The molecule has 0 saturated heterocycles. The zero-order valence-corrected chi connectivity index (χ0v) is 28.8. The van der Waals surface area contributed by atoms with Crippen molar-refractivity contribution in [2.75, 3.05) is 0 Å². The van der Waals surface area contributed by atoms with Gasteiger partial charge < -0.3 is 35.7 Å². The molecule has 2 fully saturated rings. The molecule has 1 heterocycles. The van der Waals surface area contributed by atoms with Crippen LogP contribution in [0.1, 0.15) is 87.3 Å². The van der Waals surface area contributed by atoms with Crippen molar-refractivity contribution in [2.45, 2.75) is 120 Å². The SMILES string of the molecule is NC(=O)OCc1cccnc1.O=C(N[C@@H](Cc1ccccc1)C[C@H](O)[C@H](Cc1ccccc1)NC(=O)OC1CCCCC1)OC1CCCCC1. The van der Waals surface area contributed by atoms with Crippen LogP contribution in [0.4, 0.5) is 14.4 Å². The molecular formula is C39H52N4O7. The van der Waals surface area contributed by atoms with Crippen LogP contribution in [0.5, 0.6) is 0 Å². The zero-order chi connectivity index (χ0) is 35.4. The molecular weight excluding hydrogens is 636 g/mol. The summed E-state index contributed by atoms with van der Waals surface area (Å²) in [6, 6.07) is 22.3. The van der Waals surface area contributed by atoms with Crippen LogP contribution < -0.4 is 16.4 Å². The Labute approximate surface area is 295 Å². The Morgan fingerprint density at radius 3 is 1.76 bits per heavy atom. The number of aromatic nitrogens is 1. The van der Waals surface area contributed by atoms with Gasteiger partial charge in [-0.05, 0) is 87.8 Å². The third kappa shape index (κ3) is 14.9. The third-order valence-corrected chi connectivity index (χ3v) is 8.99. The first-order chi connectivity index (χ1) is 24.3. The number of nitrogens with two attached hydrogens (primary N) is 1. The molecule has 2 saturated carbocycles. The lowest BCUT2D eigenvalue weighted by Gasteiger charge is -2.30. The van der Waals surface area contributed by atoms with Crippen LogP contribution >= 0.6 is 0 Å². The van der Waals surface area contributed by atoms with Crippen molar-refractivity contribution in [3.05, 3.63) is 102 Å². The highest BCUT2D eigenvalue weighted by atomic mass is 16.6. The van der Waals surface area contributed by atoms with Gasteiger partial charge in [0.15, 0.2) is 0 Å². The maximum absolute atomic E-state index is 12.9. The maximum Gasteiger partial charge on any atom is 0.407 e. The van der Waals surface area contributed by atoms with Gasteiger partial charge in [0.1, 0.15) is 18.8 Å². The molecule has 5 N–H and O–H groups in total. The minimum atomic E-state index is -0.909. The number of carbonyl (C=O) groups excluding carboxylic acids is 3. The van der Waals surface area contributed by atoms with Crippen LogP contribution in [0.2, 0.25) is 0 Å². The average molecular weight is 689 g/mol. The quantitative estimate of drug-likeness (QED) is 0.143. The number of hydrogen-bond acceptors (Lipinski definition) is 8. The molecule has 50 heavy (non-hydrogen) atoms. The largest absolute Gasteiger partial charge is 0.446 e. The molecule has 2 aliphatic carbocycles. The predicted octanol–water partition coefficient (Wildman–Crippen LogP) is 6.75. The first kappa shape index (κ1) is 38.2. The number of rotatable bonds is 13. The highest BCUT2D eigenvalue weighted by molar-refractivity contribution is 5.68. The molecule has 11 nitrogen and oxygen atoms in total. The second-order valence-electron chi connectivity index (χ2n) is 13.1. The Morgan fingerprint density at radius 1 is 0.720 bits per heavy atom. The summed E-state index contributed by atoms with van der Waals surface area (Å²) < 4.78 is 16.0. The number of ether oxygens (including phenoxy) is 3. The Morgan fingerprint density at radius 2 is 1.24 bits per heavy atom. The molecule has 3 amide bonds. The summed E-state index contributed by atoms with van der Waals surface area (Å²) in [5.74, 6) is 0. The average Bonchev–Trinajstić information content (AvgIpc) is 3.13. The van der Waals surface area contributed by atoms with E-state index >= 15 is 0 Å². The molecule has 0 aliphatic heterocycles. The number of carbonyl (C=O) groups is 3. The molecule has 1 aromatic heterocycles. The van der Waals surface area contributed by atoms with Gasteiger partial charge in [0.2, 0.25) is 0 Å². The lowest BCUT2D eigenvalue weighted by Crippen LogP contribution is -2.49. The summed E-state index contributed by atoms with van der Waals surface area (Å²) in [7, 11) is 0. The van der Waals surface area contributed by atoms with Gasteiger partial charge in [-0.3, -0.25) is 4.98 Å². The van der Waals surface area contributed by atoms with Gasteiger partial charge in [-0.1, -0.05) is 79.6 Å². The van der Waals surface area contributed by atoms with Crippen LogP contribution in [0.15, 0.2) is 85.2 Å². The smallest absolute Gasteiger partial charge is 0.407 e. The number of aliphatic hydroxyl groups excluding tert-OH is 1. The number of alkyl carbamates (subject to hydrolysis) is 2. The number of hydrogen-bond donors (Lipinski definition) is 4. The van der Waals surface area contributed by atoms with Gasteiger partial charge in [0.25, 0.3) is 0 Å². The summed E-state index contributed by atoms with van der Waals surface area (Å²) in [6.45, 7) is 0.184. The normalized spacial score (nSPS) is 16.7. The minimum absolute atomic E-state index is 0.0527. The molecule has 0 spiro atoms. The van der Waals surface area contributed by atoms with Gasteiger partial charge in [0.05, 0.1) is 12.1 Å². The van der Waals surface area contributed by atoms with Gasteiger partial charge in [0, 0.05) is 24.0 Å². The van der Waals surface area contributed by atoms with Crippen LogP contribution in [-0.2, 0) is 33.7 Å². The van der Waals surface area contributed by atoms with Gasteiger partial charge in [-0.25, -0.2) is 14.4 Å². The summed E-state index contributed by atoms with van der Waals surface area (Å²) >= 11 is 0. The Bertz CT molecular complexity index is 1400. The Hall–Kier alpha value is -4.64. The van der Waals surface area contributed by atoms with Crippen LogP contribution in [0.3, 0.4) is 0 Å². The van der Waals surface area contributed by atoms with E-state index in [-0.39, 0.29) is 31.3 Å². The minimum Gasteiger partial charge on any atom is -0.446 e. The first-order valence-corrected chi connectivity index (χ1v) is 17.9. The van der Waals surface area contributed by atoms with Gasteiger partial charge >= 0.3 is 18.3 Å². The maximum atomic E-state index is 12.9. The van der Waals surface area contributed by atoms with Crippen LogP contribution in [-0.4, -0.2) is 58.8 Å². The van der Waals surface area contributed by atoms with E-state index in [9.17, 15) is 19.5 Å². The van der Waals surface area contributed by atoms with Crippen LogP contribution in [0, 0.1) is 0 Å². The van der Waals surface area contributed by atoms with Crippen molar-refractivity contribution in [2.24, 2.45) is 5.73 Å². The number of pyridine rings is 1. The van der Waals surface area contributed by atoms with Gasteiger partial charge in [-0.2, -0.15) is 0 Å². The fraction of sp³-hybridized carbons (Fsp3) is 0.487. The molecule has 2 aromatic carbocycles. The van der Waals surface area contributed by atoms with E-state index in [0.717, 1.165) is 68.1 Å². The molecule has 11 heteroatoms. The molecule has 5 rings (SSSR count). The van der Waals surface area contributed by atoms with Crippen molar-refractivity contribution < 1.29 is 33.7 Å². The molecule has 0 unspecified atom stereocenters. The monoisotopic (exact) mass is 688 g/mol.